The van der Waals surface area contributed by atoms with Gasteiger partial charge in [0.25, 0.3) is 5.70 Å². The van der Waals surface area contributed by atoms with Crippen LogP contribution in [0.5, 0.6) is 0 Å². The van der Waals surface area contributed by atoms with Crippen LogP contribution in [0.1, 0.15) is 33.6 Å². The minimum atomic E-state index is -0.645. The number of nitrogens with one attached hydrogen (secondary N) is 2. The molecule has 0 heterocycles. The van der Waals surface area contributed by atoms with Gasteiger partial charge in [0, 0.05) is 12.0 Å². The van der Waals surface area contributed by atoms with Gasteiger partial charge in [-0.15, -0.1) is 0 Å². The Morgan fingerprint density at radius 1 is 1.43 bits per heavy atom. The van der Waals surface area contributed by atoms with Crippen molar-refractivity contribution in [2.45, 2.75) is 33.6 Å². The van der Waals surface area contributed by atoms with Crippen LogP contribution >= 0.6 is 0 Å². The van der Waals surface area contributed by atoms with Gasteiger partial charge in [-0.25, -0.2) is 0 Å². The van der Waals surface area contributed by atoms with E-state index >= 15 is 0 Å². The normalized spacial score (nSPS) is 17.8. The highest BCUT2D eigenvalue weighted by molar-refractivity contribution is 5.83. The summed E-state index contributed by atoms with van der Waals surface area (Å²) >= 11 is 0. The first kappa shape index (κ1) is 18.8. The van der Waals surface area contributed by atoms with E-state index in [-0.39, 0.29) is 23.2 Å². The van der Waals surface area contributed by atoms with E-state index in [9.17, 15) is 19.7 Å². The van der Waals surface area contributed by atoms with E-state index in [1.54, 1.807) is 26.8 Å². The number of hydrogen-bond donors (Lipinski definition) is 3. The number of nitro groups is 1. The number of allylic oxidation sites excluding steroid dienone is 2. The van der Waals surface area contributed by atoms with E-state index in [0.717, 1.165) is 0 Å². The zero-order chi connectivity index (χ0) is 17.6. The molecule has 0 spiro atoms. The number of aliphatic hydroxyl groups excluding tert-OH is 1. The van der Waals surface area contributed by atoms with E-state index in [1.807, 2.05) is 0 Å². The maximum atomic E-state index is 12.0. The second-order valence-corrected chi connectivity index (χ2v) is 6.42. The molecular weight excluding hydrogens is 302 g/mol. The molecule has 1 atom stereocenters. The van der Waals surface area contributed by atoms with E-state index in [4.69, 9.17) is 5.11 Å². The predicted molar refractivity (Wildman–Crippen MR) is 83.6 cm³/mol. The summed E-state index contributed by atoms with van der Waals surface area (Å²) in [6.45, 7) is 4.93. The van der Waals surface area contributed by atoms with Crippen LogP contribution in [-0.2, 0) is 9.59 Å². The number of aliphatic hydroxyl groups is 1. The SMILES string of the molecule is CC(C)(C)C(=O)NC1=CCC(CCNC(=O)CO)C=C1[N+](=O)[O-]. The topological polar surface area (TPSA) is 122 Å². The Morgan fingerprint density at radius 3 is 2.61 bits per heavy atom. The minimum Gasteiger partial charge on any atom is -0.387 e. The summed E-state index contributed by atoms with van der Waals surface area (Å²) in [5, 5.41) is 24.9. The summed E-state index contributed by atoms with van der Waals surface area (Å²) in [7, 11) is 0. The highest BCUT2D eigenvalue weighted by Crippen LogP contribution is 2.25. The monoisotopic (exact) mass is 325 g/mol. The minimum absolute atomic E-state index is 0.107. The third kappa shape index (κ3) is 5.82. The highest BCUT2D eigenvalue weighted by Gasteiger charge is 2.29. The molecule has 0 aromatic rings. The molecule has 8 nitrogen and oxygen atoms in total. The first-order chi connectivity index (χ1) is 10.6. The molecule has 0 bridgehead atoms. The molecule has 1 aliphatic carbocycles. The van der Waals surface area contributed by atoms with Crippen molar-refractivity contribution in [3.05, 3.63) is 33.7 Å². The lowest BCUT2D eigenvalue weighted by molar-refractivity contribution is -0.422. The third-order valence-corrected chi connectivity index (χ3v) is 3.40. The number of carbonyl (C=O) groups excluding carboxylic acids is 2. The van der Waals surface area contributed by atoms with Crippen molar-refractivity contribution >= 4 is 11.8 Å². The van der Waals surface area contributed by atoms with Gasteiger partial charge < -0.3 is 15.7 Å². The molecule has 0 fully saturated rings. The smallest absolute Gasteiger partial charge is 0.288 e. The number of rotatable bonds is 6. The van der Waals surface area contributed by atoms with Crippen LogP contribution in [0.25, 0.3) is 0 Å². The molecule has 8 heteroatoms. The number of amides is 2. The molecule has 0 aromatic heterocycles. The first-order valence-electron chi connectivity index (χ1n) is 7.41. The fourth-order valence-corrected chi connectivity index (χ4v) is 1.99. The van der Waals surface area contributed by atoms with Gasteiger partial charge in [-0.05, 0) is 24.8 Å². The van der Waals surface area contributed by atoms with Gasteiger partial charge in [-0.2, -0.15) is 0 Å². The van der Waals surface area contributed by atoms with E-state index in [1.165, 1.54) is 6.08 Å². The molecular formula is C15H23N3O5. The Hall–Kier alpha value is -2.22. The molecule has 0 saturated heterocycles. The van der Waals surface area contributed by atoms with Crippen molar-refractivity contribution in [3.63, 3.8) is 0 Å². The van der Waals surface area contributed by atoms with Crippen LogP contribution in [0, 0.1) is 21.4 Å². The molecule has 0 saturated carbocycles. The van der Waals surface area contributed by atoms with E-state index in [0.29, 0.717) is 19.4 Å². The van der Waals surface area contributed by atoms with Crippen molar-refractivity contribution < 1.29 is 19.6 Å². The molecule has 23 heavy (non-hydrogen) atoms. The molecule has 1 aliphatic rings. The van der Waals surface area contributed by atoms with Crippen molar-refractivity contribution in [2.75, 3.05) is 13.2 Å². The Bertz CT molecular complexity index is 546. The van der Waals surface area contributed by atoms with Gasteiger partial charge >= 0.3 is 0 Å². The summed E-state index contributed by atoms with van der Waals surface area (Å²) in [5.74, 6) is -0.872. The van der Waals surface area contributed by atoms with Crippen molar-refractivity contribution in [2.24, 2.45) is 11.3 Å². The summed E-state index contributed by atoms with van der Waals surface area (Å²) in [5.41, 5.74) is -0.563. The van der Waals surface area contributed by atoms with Gasteiger partial charge in [0.2, 0.25) is 11.8 Å². The van der Waals surface area contributed by atoms with Crippen molar-refractivity contribution in [3.8, 4) is 0 Å². The van der Waals surface area contributed by atoms with Gasteiger partial charge in [0.1, 0.15) is 12.3 Å². The Kier molecular flexibility index (Phi) is 6.44. The standard InChI is InChI=1S/C15H23N3O5/c1-15(2,3)14(21)17-11-5-4-10(8-12(11)18(22)23)6-7-16-13(20)9-19/h5,8,10,19H,4,6-7,9H2,1-3H3,(H,16,20)(H,17,21). The zero-order valence-electron chi connectivity index (χ0n) is 13.6. The highest BCUT2D eigenvalue weighted by atomic mass is 16.6. The predicted octanol–water partition coefficient (Wildman–Crippen LogP) is 0.712. The first-order valence-corrected chi connectivity index (χ1v) is 7.41. The molecule has 128 valence electrons. The summed E-state index contributed by atoms with van der Waals surface area (Å²) in [4.78, 5) is 33.6. The number of carbonyl (C=O) groups is 2. The van der Waals surface area contributed by atoms with Gasteiger partial charge in [-0.3, -0.25) is 19.7 Å². The molecule has 2 amide bonds. The third-order valence-electron chi connectivity index (χ3n) is 3.40. The quantitative estimate of drug-likeness (QED) is 0.490. The van der Waals surface area contributed by atoms with Gasteiger partial charge in [-0.1, -0.05) is 26.8 Å². The Morgan fingerprint density at radius 2 is 2.09 bits per heavy atom. The lowest BCUT2D eigenvalue weighted by Gasteiger charge is -2.21. The average molecular weight is 325 g/mol. The van der Waals surface area contributed by atoms with E-state index < -0.39 is 22.9 Å². The molecule has 1 rings (SSSR count). The largest absolute Gasteiger partial charge is 0.387 e. The van der Waals surface area contributed by atoms with Crippen LogP contribution in [0.2, 0.25) is 0 Å². The summed E-state index contributed by atoms with van der Waals surface area (Å²) < 4.78 is 0. The van der Waals surface area contributed by atoms with Crippen molar-refractivity contribution in [1.82, 2.24) is 10.6 Å². The molecule has 0 aliphatic heterocycles. The lowest BCUT2D eigenvalue weighted by Crippen LogP contribution is -2.36. The maximum absolute atomic E-state index is 12.0. The molecule has 0 radical (unpaired) electrons. The second kappa shape index (κ2) is 7.87. The molecule has 0 aromatic carbocycles. The maximum Gasteiger partial charge on any atom is 0.288 e. The van der Waals surface area contributed by atoms with Gasteiger partial charge in [0.05, 0.1) is 4.92 Å². The van der Waals surface area contributed by atoms with Crippen LogP contribution in [0.4, 0.5) is 0 Å². The van der Waals surface area contributed by atoms with Gasteiger partial charge in [0.15, 0.2) is 0 Å². The Balaban J connectivity index is 2.71. The zero-order valence-corrected chi connectivity index (χ0v) is 13.6. The number of nitrogens with zero attached hydrogens (tertiary/aromatic N) is 1. The second-order valence-electron chi connectivity index (χ2n) is 6.42. The number of hydrogen-bond acceptors (Lipinski definition) is 5. The van der Waals surface area contributed by atoms with Crippen molar-refractivity contribution in [1.29, 1.82) is 0 Å². The van der Waals surface area contributed by atoms with Crippen LogP contribution < -0.4 is 10.6 Å². The average Bonchev–Trinajstić information content (AvgIpc) is 2.47. The van der Waals surface area contributed by atoms with Crippen LogP contribution in [0.15, 0.2) is 23.5 Å². The lowest BCUT2D eigenvalue weighted by atomic mass is 9.92. The molecule has 1 unspecified atom stereocenters. The van der Waals surface area contributed by atoms with E-state index in [2.05, 4.69) is 10.6 Å². The summed E-state index contributed by atoms with van der Waals surface area (Å²) in [6, 6.07) is 0. The van der Waals surface area contributed by atoms with Crippen LogP contribution in [0.3, 0.4) is 0 Å². The summed E-state index contributed by atoms with van der Waals surface area (Å²) in [6.07, 6.45) is 4.19. The van der Waals surface area contributed by atoms with Crippen LogP contribution in [-0.4, -0.2) is 35.0 Å². The molecule has 3 N–H and O–H groups in total. The fraction of sp³-hybridized carbons (Fsp3) is 0.600. The Labute approximate surface area is 134 Å². The fourth-order valence-electron chi connectivity index (χ4n) is 1.99.